The smallest absolute Gasteiger partial charge is 0.462 e. The molecule has 17 nitrogen and oxygen atoms in total. The van der Waals surface area contributed by atoms with E-state index in [-0.39, 0.29) is 25.7 Å². The molecule has 19 heteroatoms. The van der Waals surface area contributed by atoms with Crippen molar-refractivity contribution in [1.29, 1.82) is 0 Å². The van der Waals surface area contributed by atoms with Crippen molar-refractivity contribution in [2.24, 2.45) is 23.7 Å². The van der Waals surface area contributed by atoms with Gasteiger partial charge in [0.05, 0.1) is 26.4 Å². The summed E-state index contributed by atoms with van der Waals surface area (Å²) in [7, 11) is -9.91. The first-order chi connectivity index (χ1) is 43.6. The molecule has 0 amide bonds. The van der Waals surface area contributed by atoms with Crippen molar-refractivity contribution in [2.45, 2.75) is 375 Å². The number of carbonyl (C=O) groups is 4. The largest absolute Gasteiger partial charge is 0.472 e. The molecule has 0 heterocycles. The first-order valence-corrected chi connectivity index (χ1v) is 40.2. The van der Waals surface area contributed by atoms with E-state index >= 15 is 0 Å². The number of esters is 4. The molecule has 3 N–H and O–H groups in total. The van der Waals surface area contributed by atoms with Gasteiger partial charge in [0, 0.05) is 25.7 Å². The Bertz CT molecular complexity index is 1800. The maximum Gasteiger partial charge on any atom is 0.472 e. The van der Waals surface area contributed by atoms with Crippen LogP contribution in [-0.4, -0.2) is 96.7 Å². The Balaban J connectivity index is 5.27. The van der Waals surface area contributed by atoms with Gasteiger partial charge in [-0.25, -0.2) is 9.13 Å². The lowest BCUT2D eigenvalue weighted by atomic mass is 10.0. The summed E-state index contributed by atoms with van der Waals surface area (Å²) in [5, 5.41) is 10.6. The number of aliphatic hydroxyl groups excluding tert-OH is 1. The summed E-state index contributed by atoms with van der Waals surface area (Å²) in [5.74, 6) is 0.875. The molecule has 0 saturated carbocycles. The zero-order valence-electron chi connectivity index (χ0n) is 59.5. The molecule has 0 saturated heterocycles. The van der Waals surface area contributed by atoms with E-state index in [0.29, 0.717) is 25.7 Å². The first-order valence-electron chi connectivity index (χ1n) is 37.2. The fourth-order valence-corrected chi connectivity index (χ4v) is 12.4. The Hall–Kier alpha value is -1.94. The fourth-order valence-electron chi connectivity index (χ4n) is 10.8. The second-order valence-corrected chi connectivity index (χ2v) is 30.8. The number of rotatable bonds is 69. The predicted octanol–water partition coefficient (Wildman–Crippen LogP) is 20.5. The van der Waals surface area contributed by atoms with E-state index in [1.165, 1.54) is 161 Å². The quantitative estimate of drug-likeness (QED) is 0.0222. The van der Waals surface area contributed by atoms with Crippen molar-refractivity contribution in [2.75, 3.05) is 39.6 Å². The molecule has 0 spiro atoms. The van der Waals surface area contributed by atoms with Crippen LogP contribution >= 0.6 is 15.6 Å². The number of aliphatic hydroxyl groups is 1. The Kier molecular flexibility index (Phi) is 60.3. The monoisotopic (exact) mass is 1340 g/mol. The third kappa shape index (κ3) is 66.5. The van der Waals surface area contributed by atoms with Gasteiger partial charge in [-0.3, -0.25) is 37.3 Å². The van der Waals surface area contributed by atoms with E-state index in [1.807, 2.05) is 0 Å². The van der Waals surface area contributed by atoms with Gasteiger partial charge in [-0.2, -0.15) is 0 Å². The van der Waals surface area contributed by atoms with Crippen LogP contribution in [-0.2, 0) is 65.4 Å². The summed E-state index contributed by atoms with van der Waals surface area (Å²) >= 11 is 0. The highest BCUT2D eigenvalue weighted by atomic mass is 31.2. The van der Waals surface area contributed by atoms with Crippen LogP contribution < -0.4 is 0 Å². The van der Waals surface area contributed by atoms with Crippen molar-refractivity contribution >= 4 is 39.5 Å². The Morgan fingerprint density at radius 2 is 0.462 bits per heavy atom. The molecule has 5 atom stereocenters. The SMILES string of the molecule is CC(C)CCCCCCCCCCCCCC(=O)OC[C@H](COP(=O)(O)OCC(O)COP(=O)(O)OC[C@@H](COC(=O)CCCCCCCCCCC(C)C)OC(=O)CCCCCCCCCCCCC(C)C)OC(=O)CCCCCCCCCCCCC(C)C. The molecule has 0 rings (SSSR count). The lowest BCUT2D eigenvalue weighted by Gasteiger charge is -2.21. The van der Waals surface area contributed by atoms with Gasteiger partial charge < -0.3 is 33.8 Å². The predicted molar refractivity (Wildman–Crippen MR) is 367 cm³/mol. The van der Waals surface area contributed by atoms with E-state index in [0.717, 1.165) is 114 Å². The summed E-state index contributed by atoms with van der Waals surface area (Å²) in [4.78, 5) is 72.7. The minimum atomic E-state index is -4.95. The number of carbonyl (C=O) groups excluding carboxylic acids is 4. The Morgan fingerprint density at radius 1 is 0.275 bits per heavy atom. The van der Waals surface area contributed by atoms with Gasteiger partial charge in [0.1, 0.15) is 19.3 Å². The highest BCUT2D eigenvalue weighted by Crippen LogP contribution is 2.45. The highest BCUT2D eigenvalue weighted by molar-refractivity contribution is 7.47. The van der Waals surface area contributed by atoms with Crippen LogP contribution in [0.4, 0.5) is 0 Å². The molecule has 0 bridgehead atoms. The molecule has 3 unspecified atom stereocenters. The van der Waals surface area contributed by atoms with E-state index < -0.39 is 97.5 Å². The summed E-state index contributed by atoms with van der Waals surface area (Å²) in [6.07, 6.45) is 44.4. The number of ether oxygens (including phenoxy) is 4. The van der Waals surface area contributed by atoms with Gasteiger partial charge in [-0.15, -0.1) is 0 Å². The van der Waals surface area contributed by atoms with Gasteiger partial charge in [-0.05, 0) is 49.4 Å². The van der Waals surface area contributed by atoms with Crippen LogP contribution in [0.15, 0.2) is 0 Å². The molecule has 0 aliphatic heterocycles. The van der Waals surface area contributed by atoms with E-state index in [1.54, 1.807) is 0 Å². The summed E-state index contributed by atoms with van der Waals surface area (Å²) in [5.41, 5.74) is 0. The summed E-state index contributed by atoms with van der Waals surface area (Å²) in [6, 6.07) is 0. The third-order valence-corrected chi connectivity index (χ3v) is 18.5. The van der Waals surface area contributed by atoms with Crippen molar-refractivity contribution in [3.63, 3.8) is 0 Å². The number of phosphoric ester groups is 2. The van der Waals surface area contributed by atoms with Crippen LogP contribution in [0.1, 0.15) is 357 Å². The van der Waals surface area contributed by atoms with Gasteiger partial charge in [0.2, 0.25) is 0 Å². The van der Waals surface area contributed by atoms with Crippen LogP contribution in [0.2, 0.25) is 0 Å². The maximum atomic E-state index is 13.0. The van der Waals surface area contributed by atoms with Crippen LogP contribution in [0.25, 0.3) is 0 Å². The molecule has 540 valence electrons. The van der Waals surface area contributed by atoms with Crippen molar-refractivity contribution < 1.29 is 80.2 Å². The second-order valence-electron chi connectivity index (χ2n) is 27.9. The molecule has 0 aromatic heterocycles. The average Bonchev–Trinajstić information content (AvgIpc) is 3.69. The third-order valence-electron chi connectivity index (χ3n) is 16.6. The van der Waals surface area contributed by atoms with Gasteiger partial charge in [0.15, 0.2) is 12.2 Å². The average molecular weight is 1340 g/mol. The molecule has 0 aromatic rings. The zero-order chi connectivity index (χ0) is 67.5. The van der Waals surface area contributed by atoms with Crippen LogP contribution in [0, 0.1) is 23.7 Å². The number of hydrogen-bond donors (Lipinski definition) is 3. The number of phosphoric acid groups is 2. The lowest BCUT2D eigenvalue weighted by Crippen LogP contribution is -2.30. The fraction of sp³-hybridized carbons (Fsp3) is 0.944. The van der Waals surface area contributed by atoms with E-state index in [2.05, 4.69) is 55.4 Å². The van der Waals surface area contributed by atoms with E-state index in [9.17, 15) is 43.2 Å². The molecule has 91 heavy (non-hydrogen) atoms. The molecule has 0 radical (unpaired) electrons. The first kappa shape index (κ1) is 89.1. The standard InChI is InChI=1S/C72H140O17P2/c1-62(2)48-40-32-24-16-10-9-11-19-28-36-44-52-69(74)82-58-67(88-71(76)54-46-38-30-20-14-12-17-25-33-41-49-63(3)4)60-86-90(78,79)84-56-66(73)57-85-91(80,81)87-61-68(59-83-70(75)53-45-37-29-23-22-27-35-43-51-65(7)8)89-72(77)55-47-39-31-21-15-13-18-26-34-42-50-64(5)6/h62-68,73H,9-61H2,1-8H3,(H,78,79)(H,80,81)/t66?,67-,68-/m1/s1. The van der Waals surface area contributed by atoms with E-state index in [4.69, 9.17) is 37.0 Å². The summed E-state index contributed by atoms with van der Waals surface area (Å²) in [6.45, 7) is 14.1. The molecular formula is C72H140O17P2. The van der Waals surface area contributed by atoms with Crippen LogP contribution in [0.5, 0.6) is 0 Å². The molecule has 0 fully saturated rings. The summed E-state index contributed by atoms with van der Waals surface area (Å²) < 4.78 is 68.4. The topological polar surface area (TPSA) is 237 Å². The van der Waals surface area contributed by atoms with Gasteiger partial charge in [-0.1, -0.05) is 306 Å². The second kappa shape index (κ2) is 61.6. The number of unbranched alkanes of at least 4 members (excludes halogenated alkanes) is 35. The lowest BCUT2D eigenvalue weighted by molar-refractivity contribution is -0.161. The highest BCUT2D eigenvalue weighted by Gasteiger charge is 2.30. The molecular weight excluding hydrogens is 1200 g/mol. The van der Waals surface area contributed by atoms with Crippen LogP contribution in [0.3, 0.4) is 0 Å². The maximum absolute atomic E-state index is 13.0. The van der Waals surface area contributed by atoms with Crippen molar-refractivity contribution in [1.82, 2.24) is 0 Å². The normalized spacial score (nSPS) is 14.2. The van der Waals surface area contributed by atoms with Crippen molar-refractivity contribution in [3.05, 3.63) is 0 Å². The minimum Gasteiger partial charge on any atom is -0.462 e. The Labute approximate surface area is 556 Å². The van der Waals surface area contributed by atoms with Crippen molar-refractivity contribution in [3.8, 4) is 0 Å². The molecule has 0 aliphatic rings. The zero-order valence-corrected chi connectivity index (χ0v) is 61.3. The molecule has 0 aliphatic carbocycles. The minimum absolute atomic E-state index is 0.105. The Morgan fingerprint density at radius 3 is 0.681 bits per heavy atom. The molecule has 0 aromatic carbocycles. The van der Waals surface area contributed by atoms with Gasteiger partial charge in [0.25, 0.3) is 0 Å². The number of hydrogen-bond acceptors (Lipinski definition) is 15. The van der Waals surface area contributed by atoms with Gasteiger partial charge >= 0.3 is 39.5 Å².